The van der Waals surface area contributed by atoms with E-state index in [0.717, 1.165) is 35.4 Å². The van der Waals surface area contributed by atoms with Gasteiger partial charge in [-0.2, -0.15) is 0 Å². The van der Waals surface area contributed by atoms with Gasteiger partial charge >= 0.3 is 6.03 Å². The number of fused-ring (bicyclic) bond motifs is 3. The molecule has 3 aromatic rings. The minimum Gasteiger partial charge on any atom is -0.357 e. The number of hydrogen-bond donors (Lipinski definition) is 2. The second-order valence-corrected chi connectivity index (χ2v) is 6.48. The molecule has 0 bridgehead atoms. The number of amides is 2. The van der Waals surface area contributed by atoms with Gasteiger partial charge in [-0.3, -0.25) is 0 Å². The molecule has 0 radical (unpaired) electrons. The molecule has 2 N–H and O–H groups in total. The Morgan fingerprint density at radius 1 is 1.12 bits per heavy atom. The molecule has 0 saturated heterocycles. The number of H-pyrrole nitrogens is 1. The van der Waals surface area contributed by atoms with Gasteiger partial charge < -0.3 is 15.2 Å². The molecule has 24 heavy (non-hydrogen) atoms. The standard InChI is InChI=1S/C20H21N3O/c1-13-6-5-9-17(14(13)2)22-20(24)23-11-10-16-15-7-3-4-8-18(15)21-19(16)12-23/h3-9,21H,10-12H2,1-2H3,(H,22,24). The monoisotopic (exact) mass is 319 g/mol. The fourth-order valence-corrected chi connectivity index (χ4v) is 3.45. The molecular weight excluding hydrogens is 298 g/mol. The molecule has 1 aliphatic rings. The van der Waals surface area contributed by atoms with Crippen molar-refractivity contribution in [3.63, 3.8) is 0 Å². The summed E-state index contributed by atoms with van der Waals surface area (Å²) in [4.78, 5) is 18.0. The fraction of sp³-hybridized carbons (Fsp3) is 0.250. The van der Waals surface area contributed by atoms with Gasteiger partial charge in [-0.05, 0) is 49.1 Å². The van der Waals surface area contributed by atoms with E-state index in [1.165, 1.54) is 16.5 Å². The van der Waals surface area contributed by atoms with Crippen molar-refractivity contribution < 1.29 is 4.79 Å². The molecule has 4 heteroatoms. The van der Waals surface area contributed by atoms with E-state index in [-0.39, 0.29) is 6.03 Å². The third kappa shape index (κ3) is 2.44. The lowest BCUT2D eigenvalue weighted by molar-refractivity contribution is 0.206. The summed E-state index contributed by atoms with van der Waals surface area (Å²) in [5.74, 6) is 0. The number of carbonyl (C=O) groups is 1. The molecule has 0 unspecified atom stereocenters. The summed E-state index contributed by atoms with van der Waals surface area (Å²) in [5, 5.41) is 4.34. The second kappa shape index (κ2) is 5.71. The van der Waals surface area contributed by atoms with E-state index in [4.69, 9.17) is 0 Å². The SMILES string of the molecule is Cc1cccc(NC(=O)N2CCc3c([nH]c4ccccc34)C2)c1C. The molecule has 0 atom stereocenters. The number of benzene rings is 2. The maximum absolute atomic E-state index is 12.7. The molecule has 1 aromatic heterocycles. The van der Waals surface area contributed by atoms with Crippen LogP contribution in [0.3, 0.4) is 0 Å². The van der Waals surface area contributed by atoms with Crippen LogP contribution in [0.15, 0.2) is 42.5 Å². The number of aromatic nitrogens is 1. The largest absolute Gasteiger partial charge is 0.357 e. The zero-order valence-corrected chi connectivity index (χ0v) is 14.0. The zero-order valence-electron chi connectivity index (χ0n) is 14.0. The molecule has 2 amide bonds. The van der Waals surface area contributed by atoms with Crippen LogP contribution in [-0.4, -0.2) is 22.5 Å². The normalized spacial score (nSPS) is 13.8. The number of nitrogens with one attached hydrogen (secondary N) is 2. The number of aryl methyl sites for hydroxylation is 1. The zero-order chi connectivity index (χ0) is 16.7. The summed E-state index contributed by atoms with van der Waals surface area (Å²) < 4.78 is 0. The first-order valence-corrected chi connectivity index (χ1v) is 8.34. The van der Waals surface area contributed by atoms with Crippen molar-refractivity contribution in [1.82, 2.24) is 9.88 Å². The third-order valence-electron chi connectivity index (χ3n) is 5.02. The average molecular weight is 319 g/mol. The van der Waals surface area contributed by atoms with Gasteiger partial charge in [0, 0.05) is 28.8 Å². The Hall–Kier alpha value is -2.75. The van der Waals surface area contributed by atoms with Crippen LogP contribution in [0.1, 0.15) is 22.4 Å². The van der Waals surface area contributed by atoms with Crippen molar-refractivity contribution >= 4 is 22.6 Å². The smallest absolute Gasteiger partial charge is 0.322 e. The van der Waals surface area contributed by atoms with Gasteiger partial charge in [0.25, 0.3) is 0 Å². The number of para-hydroxylation sites is 1. The van der Waals surface area contributed by atoms with E-state index >= 15 is 0 Å². The van der Waals surface area contributed by atoms with Gasteiger partial charge in [0.15, 0.2) is 0 Å². The average Bonchev–Trinajstić information content (AvgIpc) is 2.96. The van der Waals surface area contributed by atoms with E-state index in [0.29, 0.717) is 6.54 Å². The van der Waals surface area contributed by atoms with Crippen LogP contribution in [0, 0.1) is 13.8 Å². The van der Waals surface area contributed by atoms with Gasteiger partial charge in [-0.25, -0.2) is 4.79 Å². The van der Waals surface area contributed by atoms with Crippen LogP contribution < -0.4 is 5.32 Å². The highest BCUT2D eigenvalue weighted by atomic mass is 16.2. The van der Waals surface area contributed by atoms with Crippen LogP contribution in [0.4, 0.5) is 10.5 Å². The predicted molar refractivity (Wildman–Crippen MR) is 97.3 cm³/mol. The first-order chi connectivity index (χ1) is 11.6. The molecule has 0 spiro atoms. The van der Waals surface area contributed by atoms with E-state index < -0.39 is 0 Å². The van der Waals surface area contributed by atoms with Crippen molar-refractivity contribution in [2.45, 2.75) is 26.8 Å². The van der Waals surface area contributed by atoms with Gasteiger partial charge in [-0.15, -0.1) is 0 Å². The van der Waals surface area contributed by atoms with Gasteiger partial charge in [0.2, 0.25) is 0 Å². The highest BCUT2D eigenvalue weighted by Gasteiger charge is 2.24. The van der Waals surface area contributed by atoms with Crippen molar-refractivity contribution in [2.75, 3.05) is 11.9 Å². The van der Waals surface area contributed by atoms with E-state index in [1.54, 1.807) is 0 Å². The van der Waals surface area contributed by atoms with Gasteiger partial charge in [0.1, 0.15) is 0 Å². The highest BCUT2D eigenvalue weighted by Crippen LogP contribution is 2.28. The van der Waals surface area contributed by atoms with E-state index in [2.05, 4.69) is 41.5 Å². The fourth-order valence-electron chi connectivity index (χ4n) is 3.45. The summed E-state index contributed by atoms with van der Waals surface area (Å²) in [5.41, 5.74) is 6.85. The molecule has 4 rings (SSSR count). The minimum atomic E-state index is -0.0343. The van der Waals surface area contributed by atoms with Crippen molar-refractivity contribution in [3.05, 3.63) is 64.8 Å². The Balaban J connectivity index is 1.56. The number of anilines is 1. The molecule has 1 aliphatic heterocycles. The predicted octanol–water partition coefficient (Wildman–Crippen LogP) is 4.37. The maximum atomic E-state index is 12.7. The van der Waals surface area contributed by atoms with Crippen LogP contribution in [-0.2, 0) is 13.0 Å². The van der Waals surface area contributed by atoms with Gasteiger partial charge in [-0.1, -0.05) is 30.3 Å². The van der Waals surface area contributed by atoms with Crippen LogP contribution in [0.2, 0.25) is 0 Å². The number of carbonyl (C=O) groups excluding carboxylic acids is 1. The minimum absolute atomic E-state index is 0.0343. The van der Waals surface area contributed by atoms with Crippen LogP contribution in [0.5, 0.6) is 0 Å². The third-order valence-corrected chi connectivity index (χ3v) is 5.02. The number of aromatic amines is 1. The molecule has 0 aliphatic carbocycles. The van der Waals surface area contributed by atoms with Crippen molar-refractivity contribution in [1.29, 1.82) is 0 Å². The second-order valence-electron chi connectivity index (χ2n) is 6.48. The molecule has 122 valence electrons. The van der Waals surface area contributed by atoms with E-state index in [9.17, 15) is 4.79 Å². The molecular formula is C20H21N3O. The lowest BCUT2D eigenvalue weighted by Gasteiger charge is -2.27. The van der Waals surface area contributed by atoms with Crippen LogP contribution in [0.25, 0.3) is 10.9 Å². The molecule has 2 heterocycles. The first kappa shape index (κ1) is 14.8. The Labute approximate surface area is 141 Å². The van der Waals surface area contributed by atoms with Crippen molar-refractivity contribution in [2.24, 2.45) is 0 Å². The van der Waals surface area contributed by atoms with E-state index in [1.807, 2.05) is 30.0 Å². The first-order valence-electron chi connectivity index (χ1n) is 8.34. The Morgan fingerprint density at radius 2 is 1.96 bits per heavy atom. The number of nitrogens with zero attached hydrogens (tertiary/aromatic N) is 1. The quantitative estimate of drug-likeness (QED) is 0.687. The topological polar surface area (TPSA) is 48.1 Å². The number of rotatable bonds is 1. The summed E-state index contributed by atoms with van der Waals surface area (Å²) >= 11 is 0. The Bertz CT molecular complexity index is 926. The molecule has 2 aromatic carbocycles. The maximum Gasteiger partial charge on any atom is 0.322 e. The summed E-state index contributed by atoms with van der Waals surface area (Å²) in [7, 11) is 0. The van der Waals surface area contributed by atoms with Gasteiger partial charge in [0.05, 0.1) is 6.54 Å². The summed E-state index contributed by atoms with van der Waals surface area (Å²) in [6.45, 7) is 5.46. The molecule has 0 fully saturated rings. The Kier molecular flexibility index (Phi) is 3.53. The number of urea groups is 1. The highest BCUT2D eigenvalue weighted by molar-refractivity contribution is 5.91. The molecule has 4 nitrogen and oxygen atoms in total. The number of hydrogen-bond acceptors (Lipinski definition) is 1. The van der Waals surface area contributed by atoms with Crippen LogP contribution >= 0.6 is 0 Å². The lowest BCUT2D eigenvalue weighted by atomic mass is 10.0. The van der Waals surface area contributed by atoms with Crippen molar-refractivity contribution in [3.8, 4) is 0 Å². The summed E-state index contributed by atoms with van der Waals surface area (Å²) in [6, 6.07) is 14.3. The summed E-state index contributed by atoms with van der Waals surface area (Å²) in [6.07, 6.45) is 0.888. The lowest BCUT2D eigenvalue weighted by Crippen LogP contribution is -2.39. The molecule has 0 saturated carbocycles. The Morgan fingerprint density at radius 3 is 2.83 bits per heavy atom.